The van der Waals surface area contributed by atoms with Gasteiger partial charge < -0.3 is 14.7 Å². The van der Waals surface area contributed by atoms with Crippen molar-refractivity contribution in [3.63, 3.8) is 0 Å². The third-order valence-electron chi connectivity index (χ3n) is 4.24. The average molecular weight is 311 g/mol. The smallest absolute Gasteiger partial charge is 0.319 e. The first-order valence-corrected chi connectivity index (χ1v) is 7.03. The van der Waals surface area contributed by atoms with Crippen molar-refractivity contribution in [3.05, 3.63) is 35.4 Å². The summed E-state index contributed by atoms with van der Waals surface area (Å²) < 4.78 is 31.8. The fraction of sp³-hybridized carbons (Fsp3) is 0.467. The maximum absolute atomic E-state index is 13.3. The van der Waals surface area contributed by atoms with Crippen LogP contribution in [0.5, 0.6) is 0 Å². The molecule has 1 aliphatic heterocycles. The van der Waals surface area contributed by atoms with E-state index in [1.807, 2.05) is 0 Å². The summed E-state index contributed by atoms with van der Waals surface area (Å²) in [5.41, 5.74) is -0.868. The highest BCUT2D eigenvalue weighted by Crippen LogP contribution is 2.48. The Kier molecular flexibility index (Phi) is 3.60. The number of ether oxygens (including phenoxy) is 1. The summed E-state index contributed by atoms with van der Waals surface area (Å²) >= 11 is 0. The fourth-order valence-electron chi connectivity index (χ4n) is 2.69. The van der Waals surface area contributed by atoms with Crippen molar-refractivity contribution >= 4 is 11.9 Å². The number of amides is 1. The first-order chi connectivity index (χ1) is 10.4. The van der Waals surface area contributed by atoms with Crippen LogP contribution in [0.2, 0.25) is 0 Å². The Morgan fingerprint density at radius 3 is 2.59 bits per heavy atom. The van der Waals surface area contributed by atoms with Crippen LogP contribution in [-0.2, 0) is 14.3 Å². The van der Waals surface area contributed by atoms with Gasteiger partial charge in [0.25, 0.3) is 0 Å². The molecule has 1 aromatic rings. The van der Waals surface area contributed by atoms with Gasteiger partial charge in [0.15, 0.2) is 11.6 Å². The van der Waals surface area contributed by atoms with Crippen LogP contribution in [-0.4, -0.2) is 41.6 Å². The second-order valence-corrected chi connectivity index (χ2v) is 5.67. The molecule has 0 aromatic heterocycles. The Morgan fingerprint density at radius 1 is 1.27 bits per heavy atom. The number of nitrogens with zero attached hydrogens (tertiary/aromatic N) is 1. The molecule has 2 fully saturated rings. The molecule has 0 radical (unpaired) electrons. The summed E-state index contributed by atoms with van der Waals surface area (Å²) in [5.74, 6) is -3.45. The highest BCUT2D eigenvalue weighted by Gasteiger charge is 2.58. The van der Waals surface area contributed by atoms with E-state index in [9.17, 15) is 23.5 Å². The molecule has 1 N–H and O–H groups in total. The van der Waals surface area contributed by atoms with Crippen LogP contribution in [0, 0.1) is 17.0 Å². The number of morpholine rings is 1. The number of carboxylic acid groups (broad SMARTS) is 1. The molecule has 1 aliphatic carbocycles. The lowest BCUT2D eigenvalue weighted by Crippen LogP contribution is -2.47. The largest absolute Gasteiger partial charge is 0.480 e. The van der Waals surface area contributed by atoms with Crippen molar-refractivity contribution in [1.82, 2.24) is 4.90 Å². The zero-order chi connectivity index (χ0) is 15.9. The van der Waals surface area contributed by atoms with Crippen molar-refractivity contribution in [1.29, 1.82) is 0 Å². The van der Waals surface area contributed by atoms with E-state index >= 15 is 0 Å². The van der Waals surface area contributed by atoms with E-state index in [-0.39, 0.29) is 13.2 Å². The van der Waals surface area contributed by atoms with Gasteiger partial charge in [0.1, 0.15) is 11.5 Å². The topological polar surface area (TPSA) is 66.8 Å². The number of carbonyl (C=O) groups excluding carboxylic acids is 1. The highest BCUT2D eigenvalue weighted by molar-refractivity contribution is 6.04. The quantitative estimate of drug-likeness (QED) is 0.863. The molecule has 2 aliphatic rings. The molecule has 3 rings (SSSR count). The average Bonchev–Trinajstić information content (AvgIpc) is 3.31. The number of hydrogen-bond acceptors (Lipinski definition) is 3. The van der Waals surface area contributed by atoms with Gasteiger partial charge >= 0.3 is 5.97 Å². The second kappa shape index (κ2) is 5.31. The van der Waals surface area contributed by atoms with Crippen LogP contribution in [0.4, 0.5) is 8.78 Å². The molecule has 1 atom stereocenters. The van der Waals surface area contributed by atoms with Gasteiger partial charge in [-0.25, -0.2) is 8.78 Å². The number of carbonyl (C=O) groups is 2. The number of carboxylic acids is 1. The zero-order valence-electron chi connectivity index (χ0n) is 11.7. The lowest BCUT2D eigenvalue weighted by atomic mass is 10.0. The Bertz CT molecular complexity index is 630. The summed E-state index contributed by atoms with van der Waals surface area (Å²) in [5, 5.41) is 9.18. The molecular formula is C15H15F2NO4. The van der Waals surface area contributed by atoms with E-state index < -0.39 is 35.0 Å². The van der Waals surface area contributed by atoms with Gasteiger partial charge in [0.05, 0.1) is 13.2 Å². The Balaban J connectivity index is 1.75. The molecular weight excluding hydrogens is 296 g/mol. The van der Waals surface area contributed by atoms with Crippen LogP contribution >= 0.6 is 0 Å². The van der Waals surface area contributed by atoms with Crippen LogP contribution in [0.1, 0.15) is 24.5 Å². The maximum Gasteiger partial charge on any atom is 0.319 e. The summed E-state index contributed by atoms with van der Waals surface area (Å²) in [4.78, 5) is 25.0. The number of benzene rings is 1. The lowest BCUT2D eigenvalue weighted by molar-refractivity contribution is -0.157. The molecule has 1 aromatic carbocycles. The summed E-state index contributed by atoms with van der Waals surface area (Å²) in [6.45, 7) is 0.665. The summed E-state index contributed by atoms with van der Waals surface area (Å²) in [7, 11) is 0. The van der Waals surface area contributed by atoms with E-state index in [2.05, 4.69) is 0 Å². The van der Waals surface area contributed by atoms with Gasteiger partial charge in [-0.15, -0.1) is 0 Å². The third kappa shape index (κ3) is 2.45. The van der Waals surface area contributed by atoms with Crippen molar-refractivity contribution in [2.45, 2.75) is 18.9 Å². The standard InChI is InChI=1S/C15H15F2NO4/c16-10-2-1-9(7-11(10)17)12-8-18(5-6-22-12)13(19)15(3-4-15)14(20)21/h1-2,7,12H,3-6,8H2,(H,20,21)/t12-/m1/s1. The molecule has 7 heteroatoms. The first kappa shape index (κ1) is 14.9. The monoisotopic (exact) mass is 311 g/mol. The molecule has 0 bridgehead atoms. The molecule has 0 spiro atoms. The molecule has 1 saturated carbocycles. The molecule has 1 amide bonds. The van der Waals surface area contributed by atoms with Gasteiger partial charge in [0.2, 0.25) is 5.91 Å². The van der Waals surface area contributed by atoms with Gasteiger partial charge in [-0.05, 0) is 30.5 Å². The molecule has 22 heavy (non-hydrogen) atoms. The first-order valence-electron chi connectivity index (χ1n) is 7.03. The Labute approximate surface area is 125 Å². The second-order valence-electron chi connectivity index (χ2n) is 5.67. The van der Waals surface area contributed by atoms with Gasteiger partial charge in [-0.3, -0.25) is 9.59 Å². The van der Waals surface area contributed by atoms with E-state index in [1.165, 1.54) is 11.0 Å². The van der Waals surface area contributed by atoms with Crippen molar-refractivity contribution in [3.8, 4) is 0 Å². The molecule has 0 unspecified atom stereocenters. The minimum atomic E-state index is -1.30. The lowest BCUT2D eigenvalue weighted by Gasteiger charge is -2.34. The SMILES string of the molecule is O=C(O)C1(C(=O)N2CCO[C@@H](c3ccc(F)c(F)c3)C2)CC1. The van der Waals surface area contributed by atoms with E-state index in [1.54, 1.807) is 0 Å². The minimum Gasteiger partial charge on any atom is -0.480 e. The molecule has 1 heterocycles. The van der Waals surface area contributed by atoms with Gasteiger partial charge in [-0.1, -0.05) is 6.07 Å². The third-order valence-corrected chi connectivity index (χ3v) is 4.24. The Morgan fingerprint density at radius 2 is 2.00 bits per heavy atom. The maximum atomic E-state index is 13.3. The predicted octanol–water partition coefficient (Wildman–Crippen LogP) is 1.73. The minimum absolute atomic E-state index is 0.138. The number of rotatable bonds is 3. The number of halogens is 2. The van der Waals surface area contributed by atoms with Gasteiger partial charge in [-0.2, -0.15) is 0 Å². The van der Waals surface area contributed by atoms with Gasteiger partial charge in [0, 0.05) is 6.54 Å². The summed E-state index contributed by atoms with van der Waals surface area (Å²) in [6.07, 6.45) is 0.0975. The van der Waals surface area contributed by atoms with Crippen molar-refractivity contribution < 1.29 is 28.2 Å². The zero-order valence-corrected chi connectivity index (χ0v) is 11.7. The van der Waals surface area contributed by atoms with Crippen LogP contribution < -0.4 is 0 Å². The number of hydrogen-bond donors (Lipinski definition) is 1. The highest BCUT2D eigenvalue weighted by atomic mass is 19.2. The number of aliphatic carboxylic acids is 1. The van der Waals surface area contributed by atoms with Crippen LogP contribution in [0.25, 0.3) is 0 Å². The normalized spacial score (nSPS) is 23.2. The molecule has 118 valence electrons. The van der Waals surface area contributed by atoms with Crippen LogP contribution in [0.3, 0.4) is 0 Å². The van der Waals surface area contributed by atoms with E-state index in [4.69, 9.17) is 4.74 Å². The van der Waals surface area contributed by atoms with Crippen molar-refractivity contribution in [2.24, 2.45) is 5.41 Å². The van der Waals surface area contributed by atoms with Crippen LogP contribution in [0.15, 0.2) is 18.2 Å². The molecule has 5 nitrogen and oxygen atoms in total. The van der Waals surface area contributed by atoms with E-state index in [0.29, 0.717) is 24.9 Å². The molecule has 1 saturated heterocycles. The summed E-state index contributed by atoms with van der Waals surface area (Å²) in [6, 6.07) is 3.45. The van der Waals surface area contributed by atoms with Crippen molar-refractivity contribution in [2.75, 3.05) is 19.7 Å². The Hall–Kier alpha value is -2.02. The fourth-order valence-corrected chi connectivity index (χ4v) is 2.69. The predicted molar refractivity (Wildman–Crippen MR) is 70.9 cm³/mol. The van der Waals surface area contributed by atoms with E-state index in [0.717, 1.165) is 12.1 Å².